The SMILES string of the molecule is CC(=O)OC(c1ccccc1)c1ccc2[nH]ncc2c1. The van der Waals surface area contributed by atoms with E-state index in [1.807, 2.05) is 48.5 Å². The minimum absolute atomic E-state index is 0.300. The number of fused-ring (bicyclic) bond motifs is 1. The van der Waals surface area contributed by atoms with Gasteiger partial charge in [0.2, 0.25) is 0 Å². The van der Waals surface area contributed by atoms with Crippen LogP contribution in [-0.2, 0) is 9.53 Å². The maximum atomic E-state index is 11.4. The standard InChI is InChI=1S/C16H14N2O2/c1-11(19)20-16(12-5-3-2-4-6-12)13-7-8-15-14(9-13)10-17-18-15/h2-10,16H,1H3,(H,17,18). The largest absolute Gasteiger partial charge is 0.453 e. The summed E-state index contributed by atoms with van der Waals surface area (Å²) in [6.45, 7) is 1.42. The van der Waals surface area contributed by atoms with Gasteiger partial charge in [0.15, 0.2) is 6.10 Å². The maximum absolute atomic E-state index is 11.4. The van der Waals surface area contributed by atoms with Gasteiger partial charge in [-0.25, -0.2) is 0 Å². The third-order valence-corrected chi connectivity index (χ3v) is 3.15. The molecule has 0 bridgehead atoms. The second-order valence-corrected chi connectivity index (χ2v) is 4.62. The number of aromatic nitrogens is 2. The van der Waals surface area contributed by atoms with Crippen LogP contribution in [0.25, 0.3) is 10.9 Å². The van der Waals surface area contributed by atoms with Gasteiger partial charge in [0.25, 0.3) is 0 Å². The molecule has 0 amide bonds. The van der Waals surface area contributed by atoms with Crippen molar-refractivity contribution in [1.82, 2.24) is 10.2 Å². The Morgan fingerprint density at radius 2 is 1.95 bits per heavy atom. The lowest BCUT2D eigenvalue weighted by Crippen LogP contribution is -2.09. The molecule has 0 aliphatic heterocycles. The van der Waals surface area contributed by atoms with Gasteiger partial charge in [0, 0.05) is 12.3 Å². The summed E-state index contributed by atoms with van der Waals surface area (Å²) in [5.74, 6) is -0.300. The second-order valence-electron chi connectivity index (χ2n) is 4.62. The molecule has 1 N–H and O–H groups in total. The quantitative estimate of drug-likeness (QED) is 0.740. The molecule has 2 aromatic carbocycles. The Kier molecular flexibility index (Phi) is 3.21. The molecule has 20 heavy (non-hydrogen) atoms. The highest BCUT2D eigenvalue weighted by Gasteiger charge is 2.17. The van der Waals surface area contributed by atoms with E-state index in [0.29, 0.717) is 0 Å². The van der Waals surface area contributed by atoms with Gasteiger partial charge in [-0.3, -0.25) is 9.89 Å². The fourth-order valence-corrected chi connectivity index (χ4v) is 2.25. The molecule has 0 aliphatic rings. The normalized spacial score (nSPS) is 12.2. The summed E-state index contributed by atoms with van der Waals surface area (Å²) in [4.78, 5) is 11.4. The number of H-pyrrole nitrogens is 1. The number of hydrogen-bond acceptors (Lipinski definition) is 3. The number of hydrogen-bond donors (Lipinski definition) is 1. The lowest BCUT2D eigenvalue weighted by atomic mass is 10.0. The lowest BCUT2D eigenvalue weighted by molar-refractivity contribution is -0.144. The van der Waals surface area contributed by atoms with E-state index in [4.69, 9.17) is 4.74 Å². The van der Waals surface area contributed by atoms with Crippen LogP contribution >= 0.6 is 0 Å². The monoisotopic (exact) mass is 266 g/mol. The van der Waals surface area contributed by atoms with Crippen molar-refractivity contribution in [2.45, 2.75) is 13.0 Å². The zero-order chi connectivity index (χ0) is 13.9. The molecule has 1 atom stereocenters. The maximum Gasteiger partial charge on any atom is 0.303 e. The number of aromatic amines is 1. The molecule has 0 spiro atoms. The average Bonchev–Trinajstić information content (AvgIpc) is 2.93. The number of nitrogens with one attached hydrogen (secondary N) is 1. The smallest absolute Gasteiger partial charge is 0.303 e. The van der Waals surface area contributed by atoms with E-state index in [1.165, 1.54) is 6.92 Å². The van der Waals surface area contributed by atoms with Crippen LogP contribution in [0.3, 0.4) is 0 Å². The molecular formula is C16H14N2O2. The number of benzene rings is 2. The summed E-state index contributed by atoms with van der Waals surface area (Å²) in [5, 5.41) is 7.91. The second kappa shape index (κ2) is 5.17. The summed E-state index contributed by atoms with van der Waals surface area (Å²) >= 11 is 0. The Hall–Kier alpha value is -2.62. The topological polar surface area (TPSA) is 55.0 Å². The summed E-state index contributed by atoms with van der Waals surface area (Å²) in [6.07, 6.45) is 1.36. The van der Waals surface area contributed by atoms with Crippen LogP contribution in [0, 0.1) is 0 Å². The predicted molar refractivity (Wildman–Crippen MR) is 76.1 cm³/mol. The Bertz CT molecular complexity index is 734. The molecule has 0 fully saturated rings. The Balaban J connectivity index is 2.06. The van der Waals surface area contributed by atoms with Crippen molar-refractivity contribution in [3.05, 3.63) is 65.9 Å². The van der Waals surface area contributed by atoms with Gasteiger partial charge in [-0.2, -0.15) is 5.10 Å². The Morgan fingerprint density at radius 3 is 2.70 bits per heavy atom. The number of rotatable bonds is 3. The summed E-state index contributed by atoms with van der Waals surface area (Å²) in [6, 6.07) is 15.6. The minimum Gasteiger partial charge on any atom is -0.453 e. The number of carbonyl (C=O) groups excluding carboxylic acids is 1. The summed E-state index contributed by atoms with van der Waals surface area (Å²) in [7, 11) is 0. The lowest BCUT2D eigenvalue weighted by Gasteiger charge is -2.18. The Morgan fingerprint density at radius 1 is 1.15 bits per heavy atom. The van der Waals surface area contributed by atoms with Crippen LogP contribution in [0.5, 0.6) is 0 Å². The van der Waals surface area contributed by atoms with Crippen molar-refractivity contribution in [3.63, 3.8) is 0 Å². The average molecular weight is 266 g/mol. The van der Waals surface area contributed by atoms with E-state index in [9.17, 15) is 4.79 Å². The highest BCUT2D eigenvalue weighted by atomic mass is 16.5. The van der Waals surface area contributed by atoms with Gasteiger partial charge >= 0.3 is 5.97 Å². The van der Waals surface area contributed by atoms with Crippen molar-refractivity contribution in [2.24, 2.45) is 0 Å². The van der Waals surface area contributed by atoms with Gasteiger partial charge in [-0.15, -0.1) is 0 Å². The third-order valence-electron chi connectivity index (χ3n) is 3.15. The van der Waals surface area contributed by atoms with Gasteiger partial charge in [-0.1, -0.05) is 36.4 Å². The summed E-state index contributed by atoms with van der Waals surface area (Å²) < 4.78 is 5.48. The van der Waals surface area contributed by atoms with Gasteiger partial charge in [0.05, 0.1) is 11.7 Å². The minimum atomic E-state index is -0.395. The van der Waals surface area contributed by atoms with Crippen molar-refractivity contribution < 1.29 is 9.53 Å². The molecule has 4 nitrogen and oxygen atoms in total. The molecule has 1 heterocycles. The van der Waals surface area contributed by atoms with E-state index in [-0.39, 0.29) is 5.97 Å². The Labute approximate surface area is 116 Å². The van der Waals surface area contributed by atoms with Crippen LogP contribution in [0.15, 0.2) is 54.7 Å². The molecule has 1 unspecified atom stereocenters. The van der Waals surface area contributed by atoms with Crippen LogP contribution < -0.4 is 0 Å². The molecule has 4 heteroatoms. The molecule has 3 aromatic rings. The number of ether oxygens (including phenoxy) is 1. The van der Waals surface area contributed by atoms with Crippen molar-refractivity contribution >= 4 is 16.9 Å². The van der Waals surface area contributed by atoms with Gasteiger partial charge in [0.1, 0.15) is 0 Å². The van der Waals surface area contributed by atoms with Crippen LogP contribution in [0.4, 0.5) is 0 Å². The third kappa shape index (κ3) is 2.40. The number of carbonyl (C=O) groups is 1. The molecule has 0 saturated carbocycles. The molecule has 100 valence electrons. The zero-order valence-electron chi connectivity index (χ0n) is 11.0. The van der Waals surface area contributed by atoms with E-state index >= 15 is 0 Å². The van der Waals surface area contributed by atoms with Crippen LogP contribution in [0.2, 0.25) is 0 Å². The van der Waals surface area contributed by atoms with Crippen molar-refractivity contribution in [3.8, 4) is 0 Å². The van der Waals surface area contributed by atoms with E-state index < -0.39 is 6.10 Å². The van der Waals surface area contributed by atoms with E-state index in [0.717, 1.165) is 22.0 Å². The first-order valence-electron chi connectivity index (χ1n) is 6.39. The highest BCUT2D eigenvalue weighted by molar-refractivity contribution is 5.79. The molecular weight excluding hydrogens is 252 g/mol. The van der Waals surface area contributed by atoms with Crippen LogP contribution in [0.1, 0.15) is 24.2 Å². The van der Waals surface area contributed by atoms with E-state index in [2.05, 4.69) is 10.2 Å². The first-order chi connectivity index (χ1) is 9.74. The predicted octanol–water partition coefficient (Wildman–Crippen LogP) is 3.22. The van der Waals surface area contributed by atoms with Gasteiger partial charge in [-0.05, 0) is 23.3 Å². The highest BCUT2D eigenvalue weighted by Crippen LogP contribution is 2.28. The van der Waals surface area contributed by atoms with Crippen LogP contribution in [-0.4, -0.2) is 16.2 Å². The molecule has 0 saturated heterocycles. The van der Waals surface area contributed by atoms with Crippen molar-refractivity contribution in [1.29, 1.82) is 0 Å². The molecule has 3 rings (SSSR count). The fourth-order valence-electron chi connectivity index (χ4n) is 2.25. The fraction of sp³-hybridized carbons (Fsp3) is 0.125. The molecule has 0 radical (unpaired) electrons. The zero-order valence-corrected chi connectivity index (χ0v) is 11.0. The van der Waals surface area contributed by atoms with Gasteiger partial charge < -0.3 is 4.74 Å². The first kappa shape index (κ1) is 12.4. The van der Waals surface area contributed by atoms with E-state index in [1.54, 1.807) is 6.20 Å². The molecule has 1 aromatic heterocycles. The first-order valence-corrected chi connectivity index (χ1v) is 6.39. The summed E-state index contributed by atoms with van der Waals surface area (Å²) in [5.41, 5.74) is 2.84. The molecule has 0 aliphatic carbocycles. The number of nitrogens with zero attached hydrogens (tertiary/aromatic N) is 1. The van der Waals surface area contributed by atoms with Crippen molar-refractivity contribution in [2.75, 3.05) is 0 Å². The number of esters is 1.